The Morgan fingerprint density at radius 3 is 2.15 bits per heavy atom. The first-order valence-electron chi connectivity index (χ1n) is 4.97. The molecule has 0 saturated heterocycles. The zero-order valence-electron chi connectivity index (χ0n) is 9.31. The van der Waals surface area contributed by atoms with Gasteiger partial charge in [0.25, 0.3) is 0 Å². The minimum atomic E-state index is -0.220. The standard InChI is InChI=1S/C11H20O2/c1-8(2)6-13-9(12)11(5)7-10(11,3)4/h8H,6-7H2,1-5H3/t11-/m0/s1. The fourth-order valence-corrected chi connectivity index (χ4v) is 1.59. The summed E-state index contributed by atoms with van der Waals surface area (Å²) in [7, 11) is 0. The first-order valence-corrected chi connectivity index (χ1v) is 4.97. The van der Waals surface area contributed by atoms with Crippen molar-refractivity contribution in [2.24, 2.45) is 16.7 Å². The van der Waals surface area contributed by atoms with Crippen molar-refractivity contribution in [3.63, 3.8) is 0 Å². The van der Waals surface area contributed by atoms with Crippen molar-refractivity contribution >= 4 is 5.97 Å². The molecule has 0 aromatic carbocycles. The van der Waals surface area contributed by atoms with Crippen molar-refractivity contribution in [1.29, 1.82) is 0 Å². The van der Waals surface area contributed by atoms with Crippen molar-refractivity contribution in [2.45, 2.75) is 41.0 Å². The topological polar surface area (TPSA) is 26.3 Å². The smallest absolute Gasteiger partial charge is 0.312 e. The lowest BCUT2D eigenvalue weighted by Gasteiger charge is -2.14. The Morgan fingerprint density at radius 2 is 1.85 bits per heavy atom. The van der Waals surface area contributed by atoms with E-state index >= 15 is 0 Å². The molecule has 1 aliphatic rings. The molecule has 76 valence electrons. The van der Waals surface area contributed by atoms with Gasteiger partial charge in [0.1, 0.15) is 0 Å². The van der Waals surface area contributed by atoms with E-state index in [1.165, 1.54) is 0 Å². The maximum Gasteiger partial charge on any atom is 0.312 e. The monoisotopic (exact) mass is 184 g/mol. The van der Waals surface area contributed by atoms with Gasteiger partial charge in [-0.05, 0) is 24.7 Å². The Kier molecular flexibility index (Phi) is 2.44. The van der Waals surface area contributed by atoms with Crippen molar-refractivity contribution in [2.75, 3.05) is 6.61 Å². The summed E-state index contributed by atoms with van der Waals surface area (Å²) < 4.78 is 5.23. The van der Waals surface area contributed by atoms with Crippen LogP contribution in [0.25, 0.3) is 0 Å². The van der Waals surface area contributed by atoms with E-state index in [9.17, 15) is 4.79 Å². The van der Waals surface area contributed by atoms with E-state index in [0.29, 0.717) is 12.5 Å². The van der Waals surface area contributed by atoms with Crippen LogP contribution < -0.4 is 0 Å². The maximum absolute atomic E-state index is 11.6. The number of ether oxygens (including phenoxy) is 1. The summed E-state index contributed by atoms with van der Waals surface area (Å²) >= 11 is 0. The number of carbonyl (C=O) groups is 1. The van der Waals surface area contributed by atoms with Gasteiger partial charge in [-0.3, -0.25) is 4.79 Å². The Hall–Kier alpha value is -0.530. The molecule has 0 amide bonds. The quantitative estimate of drug-likeness (QED) is 0.630. The molecule has 0 bridgehead atoms. The molecule has 0 N–H and O–H groups in total. The molecule has 0 unspecified atom stereocenters. The Balaban J connectivity index is 2.42. The summed E-state index contributed by atoms with van der Waals surface area (Å²) in [6.45, 7) is 10.9. The van der Waals surface area contributed by atoms with Crippen LogP contribution in [0, 0.1) is 16.7 Å². The van der Waals surface area contributed by atoms with Crippen LogP contribution in [0.2, 0.25) is 0 Å². The maximum atomic E-state index is 11.6. The first-order chi connectivity index (χ1) is 5.79. The van der Waals surface area contributed by atoms with E-state index in [-0.39, 0.29) is 16.8 Å². The van der Waals surface area contributed by atoms with Crippen molar-refractivity contribution in [3.8, 4) is 0 Å². The highest BCUT2D eigenvalue weighted by atomic mass is 16.5. The van der Waals surface area contributed by atoms with Crippen LogP contribution in [0.3, 0.4) is 0 Å². The van der Waals surface area contributed by atoms with E-state index in [1.54, 1.807) is 0 Å². The lowest BCUT2D eigenvalue weighted by Crippen LogP contribution is -2.22. The van der Waals surface area contributed by atoms with Gasteiger partial charge in [-0.25, -0.2) is 0 Å². The van der Waals surface area contributed by atoms with E-state index in [1.807, 2.05) is 20.8 Å². The van der Waals surface area contributed by atoms with Gasteiger partial charge in [-0.15, -0.1) is 0 Å². The number of hydrogen-bond acceptors (Lipinski definition) is 2. The molecule has 0 radical (unpaired) electrons. The molecule has 0 aliphatic heterocycles. The third-order valence-electron chi connectivity index (χ3n) is 3.16. The van der Waals surface area contributed by atoms with Crippen LogP contribution >= 0.6 is 0 Å². The van der Waals surface area contributed by atoms with E-state index in [4.69, 9.17) is 4.74 Å². The Morgan fingerprint density at radius 1 is 1.38 bits per heavy atom. The molecular formula is C11H20O2. The molecule has 0 aromatic rings. The van der Waals surface area contributed by atoms with Gasteiger partial charge in [0.2, 0.25) is 0 Å². The molecule has 13 heavy (non-hydrogen) atoms. The van der Waals surface area contributed by atoms with Crippen LogP contribution in [-0.2, 0) is 9.53 Å². The highest BCUT2D eigenvalue weighted by Crippen LogP contribution is 2.63. The summed E-state index contributed by atoms with van der Waals surface area (Å²) in [5, 5.41) is 0. The average Bonchev–Trinajstić information content (AvgIpc) is 2.48. The van der Waals surface area contributed by atoms with Gasteiger partial charge in [-0.2, -0.15) is 0 Å². The highest BCUT2D eigenvalue weighted by Gasteiger charge is 2.63. The van der Waals surface area contributed by atoms with Gasteiger partial charge in [0.15, 0.2) is 0 Å². The van der Waals surface area contributed by atoms with E-state index < -0.39 is 0 Å². The molecule has 1 saturated carbocycles. The van der Waals surface area contributed by atoms with E-state index in [0.717, 1.165) is 6.42 Å². The van der Waals surface area contributed by atoms with Gasteiger partial charge in [0.05, 0.1) is 12.0 Å². The second-order valence-corrected chi connectivity index (χ2v) is 5.39. The highest BCUT2D eigenvalue weighted by molar-refractivity contribution is 5.81. The zero-order valence-corrected chi connectivity index (χ0v) is 9.31. The molecule has 2 heteroatoms. The molecule has 0 spiro atoms. The number of carbonyl (C=O) groups excluding carboxylic acids is 1. The van der Waals surface area contributed by atoms with Gasteiger partial charge >= 0.3 is 5.97 Å². The molecule has 1 atom stereocenters. The second kappa shape index (κ2) is 3.00. The molecular weight excluding hydrogens is 164 g/mol. The van der Waals surface area contributed by atoms with Gasteiger partial charge < -0.3 is 4.74 Å². The SMILES string of the molecule is CC(C)COC(=O)[C@]1(C)CC1(C)C. The summed E-state index contributed by atoms with van der Waals surface area (Å²) in [5.74, 6) is 0.403. The number of hydrogen-bond donors (Lipinski definition) is 0. The van der Waals surface area contributed by atoms with Crippen LogP contribution in [0.5, 0.6) is 0 Å². The van der Waals surface area contributed by atoms with Crippen LogP contribution in [0.1, 0.15) is 41.0 Å². The third kappa shape index (κ3) is 1.87. The summed E-state index contributed by atoms with van der Waals surface area (Å²) in [6, 6.07) is 0. The molecule has 1 rings (SSSR count). The first kappa shape index (κ1) is 10.6. The van der Waals surface area contributed by atoms with Gasteiger partial charge in [0, 0.05) is 0 Å². The summed E-state index contributed by atoms with van der Waals surface area (Å²) in [6.07, 6.45) is 0.955. The predicted octanol–water partition coefficient (Wildman–Crippen LogP) is 2.62. The largest absolute Gasteiger partial charge is 0.465 e. The van der Waals surface area contributed by atoms with Crippen molar-refractivity contribution < 1.29 is 9.53 Å². The third-order valence-corrected chi connectivity index (χ3v) is 3.16. The summed E-state index contributed by atoms with van der Waals surface area (Å²) in [5.41, 5.74) is -0.0804. The predicted molar refractivity (Wildman–Crippen MR) is 52.3 cm³/mol. The lowest BCUT2D eigenvalue weighted by atomic mass is 9.98. The minimum absolute atomic E-state index is 0.0220. The molecule has 1 aliphatic carbocycles. The van der Waals surface area contributed by atoms with Crippen molar-refractivity contribution in [1.82, 2.24) is 0 Å². The van der Waals surface area contributed by atoms with Gasteiger partial charge in [-0.1, -0.05) is 27.7 Å². The van der Waals surface area contributed by atoms with Crippen LogP contribution in [0.4, 0.5) is 0 Å². The Bertz CT molecular complexity index is 218. The normalized spacial score (nSPS) is 30.3. The number of rotatable bonds is 3. The summed E-state index contributed by atoms with van der Waals surface area (Å²) in [4.78, 5) is 11.6. The molecule has 2 nitrogen and oxygen atoms in total. The van der Waals surface area contributed by atoms with Crippen LogP contribution in [-0.4, -0.2) is 12.6 Å². The lowest BCUT2D eigenvalue weighted by molar-refractivity contribution is -0.152. The fourth-order valence-electron chi connectivity index (χ4n) is 1.59. The molecule has 0 aromatic heterocycles. The molecule has 1 fully saturated rings. The second-order valence-electron chi connectivity index (χ2n) is 5.39. The average molecular weight is 184 g/mol. The molecule has 0 heterocycles. The zero-order chi connectivity index (χ0) is 10.3. The van der Waals surface area contributed by atoms with Crippen LogP contribution in [0.15, 0.2) is 0 Å². The number of esters is 1. The minimum Gasteiger partial charge on any atom is -0.465 e. The van der Waals surface area contributed by atoms with E-state index in [2.05, 4.69) is 13.8 Å². The van der Waals surface area contributed by atoms with Crippen molar-refractivity contribution in [3.05, 3.63) is 0 Å². The fraction of sp³-hybridized carbons (Fsp3) is 0.909. The Labute approximate surface area is 80.7 Å².